The minimum absolute atomic E-state index is 0.0584. The number of amides is 1. The predicted molar refractivity (Wildman–Crippen MR) is 153 cm³/mol. The van der Waals surface area contributed by atoms with Gasteiger partial charge < -0.3 is 19.3 Å². The number of carbonyl (C=O) groups is 1. The molecule has 13 heteroatoms. The van der Waals surface area contributed by atoms with E-state index in [0.29, 0.717) is 83.1 Å². The van der Waals surface area contributed by atoms with Gasteiger partial charge in [0.05, 0.1) is 22.1 Å². The number of alkyl halides is 3. The topological polar surface area (TPSA) is 88.4 Å². The Balaban J connectivity index is 1.20. The Morgan fingerprint density at radius 2 is 1.76 bits per heavy atom. The molecule has 0 bridgehead atoms. The number of piperidine rings is 1. The van der Waals surface area contributed by atoms with Gasteiger partial charge in [0.1, 0.15) is 11.9 Å². The molecule has 9 nitrogen and oxygen atoms in total. The molecule has 2 heterocycles. The maximum atomic E-state index is 13.2. The summed E-state index contributed by atoms with van der Waals surface area (Å²) in [6.45, 7) is 8.37. The second-order valence-corrected chi connectivity index (χ2v) is 11.4. The standard InChI is InChI=1S/C29H36ClF3N4O5/c1-20(2)19-41-27-18-23(4-6-26(27)37(39)40)42-22-7-11-36(12-8-22)28(38)9-10-34-13-15-35(16-14-34)21-3-5-25(30)24(17-21)29(31,32)33/h3-6,17-18,20,22H,7-16,19H2,1-2H3. The van der Waals surface area contributed by atoms with Gasteiger partial charge in [0, 0.05) is 82.9 Å². The Bertz CT molecular complexity index is 1250. The number of ether oxygens (including phenoxy) is 2. The summed E-state index contributed by atoms with van der Waals surface area (Å²) >= 11 is 5.75. The number of rotatable bonds is 10. The van der Waals surface area contributed by atoms with Crippen LogP contribution in [0.5, 0.6) is 11.5 Å². The molecule has 0 aliphatic carbocycles. The van der Waals surface area contributed by atoms with Crippen LogP contribution < -0.4 is 14.4 Å². The summed E-state index contributed by atoms with van der Waals surface area (Å²) in [5, 5.41) is 11.0. The number of carbonyl (C=O) groups excluding carboxylic acids is 1. The fourth-order valence-electron chi connectivity index (χ4n) is 5.07. The van der Waals surface area contributed by atoms with Crippen molar-refractivity contribution in [3.63, 3.8) is 0 Å². The molecule has 0 radical (unpaired) electrons. The number of piperazine rings is 1. The van der Waals surface area contributed by atoms with Crippen LogP contribution in [0.1, 0.15) is 38.7 Å². The first-order valence-electron chi connectivity index (χ1n) is 14.1. The molecule has 4 rings (SSSR count). The van der Waals surface area contributed by atoms with Crippen molar-refractivity contribution < 1.29 is 32.4 Å². The minimum Gasteiger partial charge on any atom is -0.490 e. The molecule has 0 aromatic heterocycles. The van der Waals surface area contributed by atoms with Crippen molar-refractivity contribution in [1.29, 1.82) is 0 Å². The molecule has 42 heavy (non-hydrogen) atoms. The van der Waals surface area contributed by atoms with Crippen molar-refractivity contribution in [2.75, 3.05) is 57.3 Å². The zero-order valence-electron chi connectivity index (χ0n) is 23.7. The Kier molecular flexibility index (Phi) is 10.4. The van der Waals surface area contributed by atoms with Crippen LogP contribution in [0, 0.1) is 16.0 Å². The summed E-state index contributed by atoms with van der Waals surface area (Å²) in [6.07, 6.45) is -2.97. The average molecular weight is 613 g/mol. The van der Waals surface area contributed by atoms with Crippen LogP contribution >= 0.6 is 11.6 Å². The molecule has 0 N–H and O–H groups in total. The van der Waals surface area contributed by atoms with E-state index in [1.807, 2.05) is 23.6 Å². The molecule has 0 unspecified atom stereocenters. The van der Waals surface area contributed by atoms with Crippen LogP contribution in [0.4, 0.5) is 24.5 Å². The number of halogens is 4. The highest BCUT2D eigenvalue weighted by atomic mass is 35.5. The van der Waals surface area contributed by atoms with Gasteiger partial charge in [-0.05, 0) is 30.2 Å². The fraction of sp³-hybridized carbons (Fsp3) is 0.552. The van der Waals surface area contributed by atoms with E-state index in [4.69, 9.17) is 21.1 Å². The van der Waals surface area contributed by atoms with Gasteiger partial charge in [0.15, 0.2) is 0 Å². The SMILES string of the molecule is CC(C)COc1cc(OC2CCN(C(=O)CCN3CCN(c4ccc(Cl)c(C(F)(F)F)c4)CC3)CC2)ccc1[N+](=O)[O-]. The molecule has 0 atom stereocenters. The largest absolute Gasteiger partial charge is 0.490 e. The number of hydrogen-bond acceptors (Lipinski definition) is 7. The normalized spacial score (nSPS) is 17.0. The Morgan fingerprint density at radius 1 is 1.07 bits per heavy atom. The van der Waals surface area contributed by atoms with Gasteiger partial charge in [-0.15, -0.1) is 0 Å². The molecule has 2 saturated heterocycles. The summed E-state index contributed by atoms with van der Waals surface area (Å²) < 4.78 is 51.4. The lowest BCUT2D eigenvalue weighted by Gasteiger charge is -2.37. The van der Waals surface area contributed by atoms with E-state index >= 15 is 0 Å². The number of benzene rings is 2. The number of nitro groups is 1. The quantitative estimate of drug-likeness (QED) is 0.244. The number of nitrogens with zero attached hydrogens (tertiary/aromatic N) is 4. The molecule has 230 valence electrons. The van der Waals surface area contributed by atoms with Crippen molar-refractivity contribution in [3.05, 3.63) is 57.1 Å². The second kappa shape index (κ2) is 13.8. The maximum absolute atomic E-state index is 13.2. The average Bonchev–Trinajstić information content (AvgIpc) is 2.95. The van der Waals surface area contributed by atoms with Crippen LogP contribution in [0.2, 0.25) is 5.02 Å². The van der Waals surface area contributed by atoms with Gasteiger partial charge >= 0.3 is 11.9 Å². The monoisotopic (exact) mass is 612 g/mol. The minimum atomic E-state index is -4.51. The zero-order chi connectivity index (χ0) is 30.4. The van der Waals surface area contributed by atoms with E-state index in [0.717, 1.165) is 6.07 Å². The fourth-order valence-corrected chi connectivity index (χ4v) is 5.30. The van der Waals surface area contributed by atoms with E-state index in [1.54, 1.807) is 18.2 Å². The van der Waals surface area contributed by atoms with Gasteiger partial charge in [0.2, 0.25) is 11.7 Å². The third kappa shape index (κ3) is 8.41. The highest BCUT2D eigenvalue weighted by Crippen LogP contribution is 2.37. The van der Waals surface area contributed by atoms with E-state index < -0.39 is 16.7 Å². The highest BCUT2D eigenvalue weighted by Gasteiger charge is 2.34. The molecular formula is C29H36ClF3N4O5. The lowest BCUT2D eigenvalue weighted by molar-refractivity contribution is -0.385. The number of anilines is 1. The molecule has 2 fully saturated rings. The molecular weight excluding hydrogens is 577 g/mol. The van der Waals surface area contributed by atoms with Crippen LogP contribution in [-0.4, -0.2) is 79.2 Å². The van der Waals surface area contributed by atoms with Crippen LogP contribution in [0.3, 0.4) is 0 Å². The molecule has 2 aromatic rings. The van der Waals surface area contributed by atoms with E-state index in [9.17, 15) is 28.1 Å². The van der Waals surface area contributed by atoms with E-state index in [2.05, 4.69) is 4.90 Å². The van der Waals surface area contributed by atoms with Crippen LogP contribution in [0.25, 0.3) is 0 Å². The highest BCUT2D eigenvalue weighted by molar-refractivity contribution is 6.31. The Labute approximate surface area is 248 Å². The van der Waals surface area contributed by atoms with Gasteiger partial charge in [-0.1, -0.05) is 25.4 Å². The van der Waals surface area contributed by atoms with E-state index in [1.165, 1.54) is 12.1 Å². The summed E-state index contributed by atoms with van der Waals surface area (Å²) in [4.78, 5) is 29.6. The Hall–Kier alpha value is -3.25. The van der Waals surface area contributed by atoms with Crippen LogP contribution in [0.15, 0.2) is 36.4 Å². The number of likely N-dealkylation sites (tertiary alicyclic amines) is 1. The van der Waals surface area contributed by atoms with Crippen LogP contribution in [-0.2, 0) is 11.0 Å². The zero-order valence-corrected chi connectivity index (χ0v) is 24.5. The van der Waals surface area contributed by atoms with Gasteiger partial charge in [-0.2, -0.15) is 13.2 Å². The molecule has 2 aliphatic rings. The number of nitro benzene ring substituents is 1. The molecule has 0 spiro atoms. The third-order valence-corrected chi connectivity index (χ3v) is 7.76. The van der Waals surface area contributed by atoms with Crippen molar-refractivity contribution in [1.82, 2.24) is 9.80 Å². The molecule has 0 saturated carbocycles. The lowest BCUT2D eigenvalue weighted by Crippen LogP contribution is -2.48. The van der Waals surface area contributed by atoms with Gasteiger partial charge in [-0.25, -0.2) is 0 Å². The third-order valence-electron chi connectivity index (χ3n) is 7.43. The second-order valence-electron chi connectivity index (χ2n) is 11.0. The first kappa shape index (κ1) is 31.7. The number of hydrogen-bond donors (Lipinski definition) is 0. The molecule has 1 amide bonds. The maximum Gasteiger partial charge on any atom is 0.417 e. The summed E-state index contributed by atoms with van der Waals surface area (Å²) in [6, 6.07) is 8.49. The van der Waals surface area contributed by atoms with E-state index in [-0.39, 0.29) is 34.4 Å². The summed E-state index contributed by atoms with van der Waals surface area (Å²) in [7, 11) is 0. The summed E-state index contributed by atoms with van der Waals surface area (Å²) in [5.74, 6) is 0.948. The molecule has 2 aromatic carbocycles. The lowest BCUT2D eigenvalue weighted by atomic mass is 10.1. The summed E-state index contributed by atoms with van der Waals surface area (Å²) in [5.41, 5.74) is -0.456. The van der Waals surface area contributed by atoms with Gasteiger partial charge in [0.25, 0.3) is 0 Å². The molecule has 2 aliphatic heterocycles. The van der Waals surface area contributed by atoms with Gasteiger partial charge in [-0.3, -0.25) is 19.8 Å². The first-order valence-corrected chi connectivity index (χ1v) is 14.5. The predicted octanol–water partition coefficient (Wildman–Crippen LogP) is 5.88. The first-order chi connectivity index (χ1) is 19.9. The van der Waals surface area contributed by atoms with Crippen molar-refractivity contribution in [2.24, 2.45) is 5.92 Å². The Morgan fingerprint density at radius 3 is 2.38 bits per heavy atom. The van der Waals surface area contributed by atoms with Crippen molar-refractivity contribution in [3.8, 4) is 11.5 Å². The van der Waals surface area contributed by atoms with Crippen molar-refractivity contribution in [2.45, 2.75) is 45.4 Å². The van der Waals surface area contributed by atoms with Crippen molar-refractivity contribution >= 4 is 28.9 Å². The smallest absolute Gasteiger partial charge is 0.417 e.